The molecule has 0 saturated carbocycles. The minimum absolute atomic E-state index is 0.573. The van der Waals surface area contributed by atoms with Crippen LogP contribution in [0.5, 0.6) is 0 Å². The molecule has 1 nitrogen and oxygen atoms in total. The Balaban J connectivity index is 2.23. The van der Waals surface area contributed by atoms with Crippen molar-refractivity contribution >= 4 is 38.9 Å². The zero-order valence-corrected chi connectivity index (χ0v) is 12.4. The first-order valence-corrected chi connectivity index (χ1v) is 7.24. The molecule has 0 aliphatic rings. The summed E-state index contributed by atoms with van der Waals surface area (Å²) in [7, 11) is 0. The quantitative estimate of drug-likeness (QED) is 0.870. The Morgan fingerprint density at radius 2 is 1.94 bits per heavy atom. The maximum atomic E-state index is 10.5. The molecule has 1 unspecified atom stereocenters. The van der Waals surface area contributed by atoms with E-state index in [1.165, 1.54) is 0 Å². The van der Waals surface area contributed by atoms with Crippen molar-refractivity contribution in [3.8, 4) is 0 Å². The van der Waals surface area contributed by atoms with Gasteiger partial charge in [-0.25, -0.2) is 0 Å². The number of aliphatic hydroxyl groups is 1. The molecule has 0 amide bonds. The number of hydrogen-bond donors (Lipinski definition) is 1. The molecular weight excluding hydrogens is 320 g/mol. The molecule has 1 heterocycles. The smallest absolute Gasteiger partial charge is 0.101 e. The summed E-state index contributed by atoms with van der Waals surface area (Å²) in [5.41, 5.74) is 0.209. The number of halogens is 2. The van der Waals surface area contributed by atoms with Crippen molar-refractivity contribution in [1.29, 1.82) is 0 Å². The van der Waals surface area contributed by atoms with E-state index in [1.807, 2.05) is 42.6 Å². The molecule has 0 radical (unpaired) electrons. The molecule has 0 saturated heterocycles. The van der Waals surface area contributed by atoms with Gasteiger partial charge in [0.2, 0.25) is 0 Å². The SMILES string of the molecule is CC(O)(Cc1ccc(Cl)cc1)c1sccc1Br. The van der Waals surface area contributed by atoms with E-state index in [0.29, 0.717) is 11.4 Å². The van der Waals surface area contributed by atoms with E-state index in [-0.39, 0.29) is 0 Å². The van der Waals surface area contributed by atoms with Crippen LogP contribution in [0.4, 0.5) is 0 Å². The van der Waals surface area contributed by atoms with E-state index in [2.05, 4.69) is 15.9 Å². The predicted molar refractivity (Wildman–Crippen MR) is 76.7 cm³/mol. The Hall–Kier alpha value is -0.350. The van der Waals surface area contributed by atoms with Crippen LogP contribution in [0.25, 0.3) is 0 Å². The van der Waals surface area contributed by atoms with Crippen LogP contribution in [0, 0.1) is 0 Å². The Bertz CT molecular complexity index is 504. The zero-order chi connectivity index (χ0) is 12.5. The highest BCUT2D eigenvalue weighted by Gasteiger charge is 2.27. The van der Waals surface area contributed by atoms with Crippen LogP contribution in [0.2, 0.25) is 5.02 Å². The molecule has 1 atom stereocenters. The van der Waals surface area contributed by atoms with Gasteiger partial charge in [0.25, 0.3) is 0 Å². The Morgan fingerprint density at radius 1 is 1.29 bits per heavy atom. The summed E-state index contributed by atoms with van der Waals surface area (Å²) in [5, 5.41) is 13.2. The van der Waals surface area contributed by atoms with Crippen molar-refractivity contribution in [2.24, 2.45) is 0 Å². The molecule has 0 aliphatic carbocycles. The molecule has 1 aromatic carbocycles. The fraction of sp³-hybridized carbons (Fsp3) is 0.231. The van der Waals surface area contributed by atoms with E-state index in [9.17, 15) is 5.11 Å². The molecule has 4 heteroatoms. The summed E-state index contributed by atoms with van der Waals surface area (Å²) in [6.45, 7) is 1.83. The third-order valence-electron chi connectivity index (χ3n) is 2.57. The highest BCUT2D eigenvalue weighted by molar-refractivity contribution is 9.10. The molecule has 2 aromatic rings. The number of thiophene rings is 1. The fourth-order valence-corrected chi connectivity index (χ4v) is 3.75. The van der Waals surface area contributed by atoms with E-state index < -0.39 is 5.60 Å². The molecule has 0 bridgehead atoms. The molecule has 90 valence electrons. The van der Waals surface area contributed by atoms with Crippen molar-refractivity contribution in [3.05, 3.63) is 55.6 Å². The first-order valence-electron chi connectivity index (χ1n) is 5.19. The van der Waals surface area contributed by atoms with Gasteiger partial charge in [0.1, 0.15) is 5.60 Å². The van der Waals surface area contributed by atoms with Crippen LogP contribution < -0.4 is 0 Å². The molecular formula is C13H12BrClOS. The summed E-state index contributed by atoms with van der Waals surface area (Å²) in [4.78, 5) is 0.951. The maximum absolute atomic E-state index is 10.5. The van der Waals surface area contributed by atoms with Crippen LogP contribution in [-0.2, 0) is 12.0 Å². The van der Waals surface area contributed by atoms with Gasteiger partial charge in [0.15, 0.2) is 0 Å². The van der Waals surface area contributed by atoms with Gasteiger partial charge in [-0.1, -0.05) is 23.7 Å². The van der Waals surface area contributed by atoms with Crippen molar-refractivity contribution < 1.29 is 5.11 Å². The Kier molecular flexibility index (Phi) is 3.93. The summed E-state index contributed by atoms with van der Waals surface area (Å²) in [5.74, 6) is 0. The van der Waals surface area contributed by atoms with Crippen LogP contribution in [0.15, 0.2) is 40.2 Å². The fourth-order valence-electron chi connectivity index (χ4n) is 1.76. The molecule has 0 fully saturated rings. The lowest BCUT2D eigenvalue weighted by molar-refractivity contribution is 0.0608. The molecule has 0 aliphatic heterocycles. The van der Waals surface area contributed by atoms with Crippen molar-refractivity contribution in [3.63, 3.8) is 0 Å². The van der Waals surface area contributed by atoms with Gasteiger partial charge in [0.05, 0.1) is 4.88 Å². The Morgan fingerprint density at radius 3 is 2.47 bits per heavy atom. The van der Waals surface area contributed by atoms with Crippen LogP contribution in [0.1, 0.15) is 17.4 Å². The van der Waals surface area contributed by atoms with Gasteiger partial charge in [0, 0.05) is 15.9 Å². The minimum atomic E-state index is -0.860. The predicted octanol–water partition coefficient (Wildman–Crippen LogP) is 4.61. The van der Waals surface area contributed by atoms with Gasteiger partial charge in [-0.15, -0.1) is 11.3 Å². The number of benzene rings is 1. The zero-order valence-electron chi connectivity index (χ0n) is 9.28. The summed E-state index contributed by atoms with van der Waals surface area (Å²) >= 11 is 10.9. The average molecular weight is 332 g/mol. The summed E-state index contributed by atoms with van der Waals surface area (Å²) in [6.07, 6.45) is 0.573. The lowest BCUT2D eigenvalue weighted by Crippen LogP contribution is -2.23. The second kappa shape index (κ2) is 5.11. The van der Waals surface area contributed by atoms with Crippen LogP contribution >= 0.6 is 38.9 Å². The topological polar surface area (TPSA) is 20.2 Å². The summed E-state index contributed by atoms with van der Waals surface area (Å²) in [6, 6.07) is 9.53. The van der Waals surface area contributed by atoms with E-state index in [4.69, 9.17) is 11.6 Å². The van der Waals surface area contributed by atoms with E-state index in [1.54, 1.807) is 11.3 Å². The highest BCUT2D eigenvalue weighted by Crippen LogP contribution is 2.35. The lowest BCUT2D eigenvalue weighted by atomic mass is 9.95. The van der Waals surface area contributed by atoms with Gasteiger partial charge in [-0.05, 0) is 52.0 Å². The van der Waals surface area contributed by atoms with Gasteiger partial charge < -0.3 is 5.11 Å². The number of rotatable bonds is 3. The van der Waals surface area contributed by atoms with Gasteiger partial charge >= 0.3 is 0 Å². The lowest BCUT2D eigenvalue weighted by Gasteiger charge is -2.22. The molecule has 1 N–H and O–H groups in total. The first kappa shape index (κ1) is 13.1. The van der Waals surface area contributed by atoms with Crippen molar-refractivity contribution in [2.75, 3.05) is 0 Å². The van der Waals surface area contributed by atoms with Crippen molar-refractivity contribution in [2.45, 2.75) is 18.9 Å². The third kappa shape index (κ3) is 3.10. The molecule has 17 heavy (non-hydrogen) atoms. The van der Waals surface area contributed by atoms with E-state index in [0.717, 1.165) is 14.9 Å². The molecule has 1 aromatic heterocycles. The largest absolute Gasteiger partial charge is 0.384 e. The molecule has 2 rings (SSSR count). The third-order valence-corrected chi connectivity index (χ3v) is 4.91. The highest BCUT2D eigenvalue weighted by atomic mass is 79.9. The summed E-state index contributed by atoms with van der Waals surface area (Å²) < 4.78 is 0.960. The van der Waals surface area contributed by atoms with Crippen LogP contribution in [0.3, 0.4) is 0 Å². The van der Waals surface area contributed by atoms with Gasteiger partial charge in [-0.3, -0.25) is 0 Å². The van der Waals surface area contributed by atoms with Gasteiger partial charge in [-0.2, -0.15) is 0 Å². The van der Waals surface area contributed by atoms with Crippen molar-refractivity contribution in [1.82, 2.24) is 0 Å². The standard InChI is InChI=1S/C13H12BrClOS/c1-13(16,12-11(14)6-7-17-12)8-9-2-4-10(15)5-3-9/h2-7,16H,8H2,1H3. The average Bonchev–Trinajstić information content (AvgIpc) is 2.68. The first-order chi connectivity index (χ1) is 7.99. The monoisotopic (exact) mass is 330 g/mol. The van der Waals surface area contributed by atoms with E-state index >= 15 is 0 Å². The normalized spacial score (nSPS) is 14.6. The minimum Gasteiger partial charge on any atom is -0.384 e. The maximum Gasteiger partial charge on any atom is 0.101 e. The Labute approximate surface area is 118 Å². The van der Waals surface area contributed by atoms with Crippen LogP contribution in [-0.4, -0.2) is 5.11 Å². The second-order valence-electron chi connectivity index (χ2n) is 4.17. The number of hydrogen-bond acceptors (Lipinski definition) is 2. The molecule has 0 spiro atoms. The second-order valence-corrected chi connectivity index (χ2v) is 6.38.